The van der Waals surface area contributed by atoms with Gasteiger partial charge in [0.05, 0.1) is 12.7 Å². The average Bonchev–Trinajstić information content (AvgIpc) is 3.18. The average molecular weight is 362 g/mol. The number of hydrogen-bond donors (Lipinski definition) is 2. The summed E-state index contributed by atoms with van der Waals surface area (Å²) in [6.45, 7) is 9.27. The van der Waals surface area contributed by atoms with Crippen LogP contribution in [0.4, 0.5) is 0 Å². The van der Waals surface area contributed by atoms with Crippen LogP contribution in [0.3, 0.4) is 0 Å². The molecule has 0 amide bonds. The van der Waals surface area contributed by atoms with Crippen LogP contribution < -0.4 is 10.6 Å². The van der Waals surface area contributed by atoms with Crippen molar-refractivity contribution in [3.63, 3.8) is 0 Å². The number of nitrogens with one attached hydrogen (secondary N) is 2. The molecular formula is C21H35N3O2. The zero-order chi connectivity index (χ0) is 18.5. The summed E-state index contributed by atoms with van der Waals surface area (Å²) in [5.74, 6) is 1.43. The molecule has 1 aromatic carbocycles. The van der Waals surface area contributed by atoms with Crippen molar-refractivity contribution in [3.05, 3.63) is 35.9 Å². The monoisotopic (exact) mass is 361 g/mol. The third-order valence-corrected chi connectivity index (χ3v) is 4.63. The van der Waals surface area contributed by atoms with Crippen molar-refractivity contribution in [2.75, 3.05) is 39.5 Å². The largest absolute Gasteiger partial charge is 0.379 e. The Labute approximate surface area is 158 Å². The van der Waals surface area contributed by atoms with Crippen molar-refractivity contribution in [2.45, 2.75) is 51.6 Å². The molecule has 0 aliphatic carbocycles. The Morgan fingerprint density at radius 2 is 2.15 bits per heavy atom. The molecule has 26 heavy (non-hydrogen) atoms. The lowest BCUT2D eigenvalue weighted by atomic mass is 9.98. The van der Waals surface area contributed by atoms with Gasteiger partial charge in [0.15, 0.2) is 5.96 Å². The SMILES string of the molecule is CCNC(=NCCCOCC1CCCO1)NCCC(C)c1ccccc1. The van der Waals surface area contributed by atoms with E-state index < -0.39 is 0 Å². The lowest BCUT2D eigenvalue weighted by molar-refractivity contribution is 0.0171. The minimum absolute atomic E-state index is 0.309. The summed E-state index contributed by atoms with van der Waals surface area (Å²) in [7, 11) is 0. The van der Waals surface area contributed by atoms with Gasteiger partial charge in [0.25, 0.3) is 0 Å². The van der Waals surface area contributed by atoms with Crippen LogP contribution in [0, 0.1) is 0 Å². The first-order valence-electron chi connectivity index (χ1n) is 10.1. The van der Waals surface area contributed by atoms with Crippen LogP contribution in [0.5, 0.6) is 0 Å². The van der Waals surface area contributed by atoms with E-state index in [0.29, 0.717) is 12.0 Å². The highest BCUT2D eigenvalue weighted by Crippen LogP contribution is 2.17. The van der Waals surface area contributed by atoms with Gasteiger partial charge in [-0.1, -0.05) is 37.3 Å². The quantitative estimate of drug-likeness (QED) is 0.361. The first-order valence-corrected chi connectivity index (χ1v) is 10.1. The summed E-state index contributed by atoms with van der Waals surface area (Å²) < 4.78 is 11.2. The fourth-order valence-electron chi connectivity index (χ4n) is 3.05. The van der Waals surface area contributed by atoms with Crippen LogP contribution in [0.15, 0.2) is 35.3 Å². The Bertz CT molecular complexity index is 501. The van der Waals surface area contributed by atoms with E-state index in [-0.39, 0.29) is 0 Å². The fraction of sp³-hybridized carbons (Fsp3) is 0.667. The molecule has 1 aromatic rings. The van der Waals surface area contributed by atoms with Crippen molar-refractivity contribution < 1.29 is 9.47 Å². The summed E-state index contributed by atoms with van der Waals surface area (Å²) >= 11 is 0. The third-order valence-electron chi connectivity index (χ3n) is 4.63. The highest BCUT2D eigenvalue weighted by molar-refractivity contribution is 5.79. The Hall–Kier alpha value is -1.59. The van der Waals surface area contributed by atoms with Crippen LogP contribution in [0.25, 0.3) is 0 Å². The first-order chi connectivity index (χ1) is 12.8. The maximum absolute atomic E-state index is 5.69. The molecule has 5 nitrogen and oxygen atoms in total. The number of nitrogens with zero attached hydrogens (tertiary/aromatic N) is 1. The van der Waals surface area contributed by atoms with Gasteiger partial charge in [0.2, 0.25) is 0 Å². The molecule has 1 aliphatic heterocycles. The lowest BCUT2D eigenvalue weighted by Gasteiger charge is -2.15. The molecule has 1 saturated heterocycles. The van der Waals surface area contributed by atoms with E-state index in [1.165, 1.54) is 12.0 Å². The molecule has 0 bridgehead atoms. The van der Waals surface area contributed by atoms with Crippen molar-refractivity contribution in [1.82, 2.24) is 10.6 Å². The summed E-state index contributed by atoms with van der Waals surface area (Å²) in [6.07, 6.45) is 4.62. The smallest absolute Gasteiger partial charge is 0.191 e. The van der Waals surface area contributed by atoms with Gasteiger partial charge in [0.1, 0.15) is 0 Å². The van der Waals surface area contributed by atoms with Crippen molar-refractivity contribution in [2.24, 2.45) is 4.99 Å². The second kappa shape index (κ2) is 12.7. The molecule has 2 rings (SSSR count). The van der Waals surface area contributed by atoms with Gasteiger partial charge in [-0.25, -0.2) is 0 Å². The molecule has 2 unspecified atom stereocenters. The van der Waals surface area contributed by atoms with Crippen molar-refractivity contribution in [3.8, 4) is 0 Å². The minimum Gasteiger partial charge on any atom is -0.379 e. The Kier molecular flexibility index (Phi) is 10.1. The molecule has 0 radical (unpaired) electrons. The molecule has 1 aliphatic rings. The van der Waals surface area contributed by atoms with Gasteiger partial charge < -0.3 is 20.1 Å². The standard InChI is InChI=1S/C21H35N3O2/c1-3-22-21(23-13-8-15-25-17-20-11-7-16-26-20)24-14-12-18(2)19-9-5-4-6-10-19/h4-6,9-10,18,20H,3,7-8,11-17H2,1-2H3,(H2,22,23,24). The molecule has 0 saturated carbocycles. The van der Waals surface area contributed by atoms with E-state index in [0.717, 1.165) is 64.7 Å². The first kappa shape index (κ1) is 20.7. The Morgan fingerprint density at radius 1 is 1.31 bits per heavy atom. The highest BCUT2D eigenvalue weighted by atomic mass is 16.5. The Balaban J connectivity index is 1.59. The van der Waals surface area contributed by atoms with Crippen LogP contribution in [-0.2, 0) is 9.47 Å². The maximum Gasteiger partial charge on any atom is 0.191 e. The topological polar surface area (TPSA) is 54.9 Å². The van der Waals surface area contributed by atoms with Gasteiger partial charge in [0, 0.05) is 32.8 Å². The highest BCUT2D eigenvalue weighted by Gasteiger charge is 2.14. The fourth-order valence-corrected chi connectivity index (χ4v) is 3.05. The van der Waals surface area contributed by atoms with E-state index in [1.807, 2.05) is 0 Å². The molecule has 2 N–H and O–H groups in total. The van der Waals surface area contributed by atoms with Gasteiger partial charge in [-0.05, 0) is 44.1 Å². The number of benzene rings is 1. The normalized spacial score (nSPS) is 18.7. The van der Waals surface area contributed by atoms with Gasteiger partial charge in [-0.15, -0.1) is 0 Å². The summed E-state index contributed by atoms with van der Waals surface area (Å²) in [6, 6.07) is 10.7. The van der Waals surface area contributed by atoms with Crippen molar-refractivity contribution >= 4 is 5.96 Å². The summed E-state index contributed by atoms with van der Waals surface area (Å²) in [4.78, 5) is 4.64. The number of guanidine groups is 1. The van der Waals surface area contributed by atoms with Crippen LogP contribution in [0.2, 0.25) is 0 Å². The number of ether oxygens (including phenoxy) is 2. The summed E-state index contributed by atoms with van der Waals surface area (Å²) in [5.41, 5.74) is 1.39. The number of hydrogen-bond acceptors (Lipinski definition) is 3. The molecule has 1 fully saturated rings. The molecule has 0 aromatic heterocycles. The molecule has 0 spiro atoms. The molecular weight excluding hydrogens is 326 g/mol. The van der Waals surface area contributed by atoms with Crippen LogP contribution >= 0.6 is 0 Å². The molecule has 146 valence electrons. The summed E-state index contributed by atoms with van der Waals surface area (Å²) in [5, 5.41) is 6.74. The predicted octanol–water partition coefficient (Wildman–Crippen LogP) is 3.32. The maximum atomic E-state index is 5.69. The van der Waals surface area contributed by atoms with Gasteiger partial charge >= 0.3 is 0 Å². The van der Waals surface area contributed by atoms with Crippen LogP contribution in [-0.4, -0.2) is 51.5 Å². The van der Waals surface area contributed by atoms with Crippen molar-refractivity contribution in [1.29, 1.82) is 0 Å². The second-order valence-electron chi connectivity index (χ2n) is 6.85. The molecule has 5 heteroatoms. The van der Waals surface area contributed by atoms with E-state index >= 15 is 0 Å². The number of aliphatic imine (C=N–C) groups is 1. The van der Waals surface area contributed by atoms with E-state index in [9.17, 15) is 0 Å². The number of rotatable bonds is 11. The zero-order valence-corrected chi connectivity index (χ0v) is 16.4. The lowest BCUT2D eigenvalue weighted by Crippen LogP contribution is -2.38. The Morgan fingerprint density at radius 3 is 2.88 bits per heavy atom. The zero-order valence-electron chi connectivity index (χ0n) is 16.4. The second-order valence-corrected chi connectivity index (χ2v) is 6.85. The van der Waals surface area contributed by atoms with Crippen LogP contribution in [0.1, 0.15) is 51.0 Å². The van der Waals surface area contributed by atoms with E-state index in [2.05, 4.69) is 59.8 Å². The van der Waals surface area contributed by atoms with Gasteiger partial charge in [-0.3, -0.25) is 4.99 Å². The molecule has 1 heterocycles. The molecule has 2 atom stereocenters. The minimum atomic E-state index is 0.309. The van der Waals surface area contributed by atoms with Gasteiger partial charge in [-0.2, -0.15) is 0 Å². The van der Waals surface area contributed by atoms with E-state index in [1.54, 1.807) is 0 Å². The predicted molar refractivity (Wildman–Crippen MR) is 108 cm³/mol. The third kappa shape index (κ3) is 8.19. The van der Waals surface area contributed by atoms with E-state index in [4.69, 9.17) is 9.47 Å².